The van der Waals surface area contributed by atoms with Crippen molar-refractivity contribution >= 4 is 18.0 Å². The lowest BCUT2D eigenvalue weighted by atomic mass is 9.81. The monoisotopic (exact) mass is 902 g/mol. The zero-order chi connectivity index (χ0) is 47.1. The van der Waals surface area contributed by atoms with Gasteiger partial charge in [0.15, 0.2) is 24.7 Å². The number of allylic oxidation sites excluding steroid dienone is 3. The minimum absolute atomic E-state index is 0.0117. The van der Waals surface area contributed by atoms with Gasteiger partial charge in [0.1, 0.15) is 49.0 Å². The fourth-order valence-corrected chi connectivity index (χ4v) is 9.19. The summed E-state index contributed by atoms with van der Waals surface area (Å²) in [5.41, 5.74) is -0.826. The third-order valence-electron chi connectivity index (χ3n) is 13.1. The zero-order valence-electron chi connectivity index (χ0n) is 39.0. The maximum Gasteiger partial charge on any atom is 0.308 e. The minimum atomic E-state index is -1.49. The fraction of sp³-hybridized carbons (Fsp3) is 0.844. The summed E-state index contributed by atoms with van der Waals surface area (Å²) in [4.78, 5) is 42.0. The van der Waals surface area contributed by atoms with Crippen LogP contribution in [0.2, 0.25) is 0 Å². The van der Waals surface area contributed by atoms with Crippen LogP contribution in [-0.4, -0.2) is 187 Å². The first-order valence-corrected chi connectivity index (χ1v) is 22.2. The second kappa shape index (κ2) is 23.5. The average Bonchev–Trinajstić information content (AvgIpc) is 3.22. The van der Waals surface area contributed by atoms with Crippen molar-refractivity contribution in [3.05, 3.63) is 23.8 Å². The van der Waals surface area contributed by atoms with Crippen LogP contribution in [0.5, 0.6) is 0 Å². The third-order valence-corrected chi connectivity index (χ3v) is 13.1. The Labute approximate surface area is 372 Å². The summed E-state index contributed by atoms with van der Waals surface area (Å²) in [5, 5.41) is 55.5. The molecule has 63 heavy (non-hydrogen) atoms. The molecule has 0 aromatic rings. The lowest BCUT2D eigenvalue weighted by Crippen LogP contribution is -2.65. The lowest BCUT2D eigenvalue weighted by Gasteiger charge is -2.50. The van der Waals surface area contributed by atoms with E-state index >= 15 is 0 Å². The number of hydrogen-bond acceptors (Lipinski definition) is 18. The molecular weight excluding hydrogens is 826 g/mol. The fourth-order valence-electron chi connectivity index (χ4n) is 9.19. The average molecular weight is 902 g/mol. The highest BCUT2D eigenvalue weighted by atomic mass is 16.7. The molecule has 0 aromatic carbocycles. The summed E-state index contributed by atoms with van der Waals surface area (Å²) in [5.74, 6) is -4.14. The highest BCUT2D eigenvalue weighted by Crippen LogP contribution is 2.37. The van der Waals surface area contributed by atoms with E-state index in [1.54, 1.807) is 66.6 Å². The lowest BCUT2D eigenvalue weighted by molar-refractivity contribution is -0.341. The Hall–Kier alpha value is -2.27. The minimum Gasteiger partial charge on any atom is -0.462 e. The summed E-state index contributed by atoms with van der Waals surface area (Å²) < 4.78 is 54.4. The quantitative estimate of drug-likeness (QED) is 0.138. The molecule has 4 aliphatic heterocycles. The number of cyclic esters (lactones) is 1. The topological polar surface area (TPSA) is 239 Å². The largest absolute Gasteiger partial charge is 0.462 e. The number of rotatable bonds is 12. The standard InChI is InChI=1S/C45H75NO17/c1-13-32-29(21-57-44-41(56-12)40(55-11)36(51)25(5)59-44)16-22(2)14-15-30(48)23(3)17-28(20-47)38(24(4)31(49)18-33(50)61-32)63-43-37(52)35(46(9)10)39(26(6)60-43)62-34-19-45(8,54)42(53)27(7)58-34/h14-16,20,23-29,31-32,34-44,49,51-54H,13,17-19,21H2,1-12H3/b15-14+,22-16?/t23-,24-,25+,26+,27-,28-,29-,31+,32+,34-,35+,36+,37+,38-,39+,40+,41+,42-,43-,44+,45+/m1/s1. The van der Waals surface area contributed by atoms with Gasteiger partial charge in [-0.3, -0.25) is 9.59 Å². The third kappa shape index (κ3) is 13.2. The van der Waals surface area contributed by atoms with E-state index < -0.39 is 140 Å². The molecule has 0 aromatic heterocycles. The highest BCUT2D eigenvalue weighted by Gasteiger charge is 2.52. The van der Waals surface area contributed by atoms with Gasteiger partial charge in [-0.15, -0.1) is 0 Å². The number of ether oxygens (including phenoxy) is 9. The van der Waals surface area contributed by atoms with Gasteiger partial charge >= 0.3 is 5.97 Å². The molecule has 4 heterocycles. The maximum atomic E-state index is 13.7. The van der Waals surface area contributed by atoms with E-state index in [1.807, 2.05) is 13.0 Å². The van der Waals surface area contributed by atoms with Crippen LogP contribution in [0.25, 0.3) is 0 Å². The molecule has 18 heteroatoms. The smallest absolute Gasteiger partial charge is 0.308 e. The van der Waals surface area contributed by atoms with Gasteiger partial charge in [-0.2, -0.15) is 0 Å². The van der Waals surface area contributed by atoms with Crippen molar-refractivity contribution in [3.63, 3.8) is 0 Å². The van der Waals surface area contributed by atoms with Gasteiger partial charge in [-0.05, 0) is 67.6 Å². The summed E-state index contributed by atoms with van der Waals surface area (Å²) >= 11 is 0. The molecule has 3 saturated heterocycles. The zero-order valence-corrected chi connectivity index (χ0v) is 39.0. The molecule has 3 fully saturated rings. The molecule has 0 radical (unpaired) electrons. The van der Waals surface area contributed by atoms with Crippen molar-refractivity contribution in [2.45, 2.75) is 185 Å². The second-order valence-electron chi connectivity index (χ2n) is 18.4. The molecule has 0 amide bonds. The Morgan fingerprint density at radius 2 is 1.51 bits per heavy atom. The van der Waals surface area contributed by atoms with Crippen LogP contribution in [0, 0.1) is 23.7 Å². The van der Waals surface area contributed by atoms with Gasteiger partial charge < -0.3 is 77.9 Å². The molecule has 0 unspecified atom stereocenters. The van der Waals surface area contributed by atoms with Crippen molar-refractivity contribution in [3.8, 4) is 0 Å². The van der Waals surface area contributed by atoms with Crippen LogP contribution >= 0.6 is 0 Å². The predicted molar refractivity (Wildman–Crippen MR) is 226 cm³/mol. The molecule has 0 saturated carbocycles. The number of esters is 1. The Balaban J connectivity index is 1.60. The van der Waals surface area contributed by atoms with Crippen LogP contribution in [-0.2, 0) is 57.0 Å². The van der Waals surface area contributed by atoms with Crippen molar-refractivity contribution in [1.82, 2.24) is 4.90 Å². The van der Waals surface area contributed by atoms with E-state index in [2.05, 4.69) is 0 Å². The Kier molecular flexibility index (Phi) is 19.9. The maximum absolute atomic E-state index is 13.7. The Bertz CT molecular complexity index is 1540. The number of aliphatic hydroxyl groups is 5. The van der Waals surface area contributed by atoms with E-state index in [4.69, 9.17) is 42.6 Å². The van der Waals surface area contributed by atoms with E-state index in [-0.39, 0.29) is 25.2 Å². The molecule has 21 atom stereocenters. The van der Waals surface area contributed by atoms with Crippen molar-refractivity contribution in [1.29, 1.82) is 0 Å². The molecule has 5 N–H and O–H groups in total. The predicted octanol–water partition coefficient (Wildman–Crippen LogP) is 1.44. The first kappa shape index (κ1) is 53.3. The summed E-state index contributed by atoms with van der Waals surface area (Å²) in [6.45, 7) is 13.5. The van der Waals surface area contributed by atoms with Crippen LogP contribution in [0.3, 0.4) is 0 Å². The molecule has 4 rings (SSSR count). The van der Waals surface area contributed by atoms with E-state index in [0.717, 1.165) is 0 Å². The molecule has 0 aliphatic carbocycles. The molecule has 0 spiro atoms. The number of carbonyl (C=O) groups excluding carboxylic acids is 3. The number of carbonyl (C=O) groups is 3. The van der Waals surface area contributed by atoms with E-state index in [0.29, 0.717) is 18.3 Å². The van der Waals surface area contributed by atoms with Crippen LogP contribution in [0.4, 0.5) is 0 Å². The molecular formula is C45H75NO17. The van der Waals surface area contributed by atoms with Gasteiger partial charge in [0.2, 0.25) is 0 Å². The first-order chi connectivity index (χ1) is 29.6. The second-order valence-corrected chi connectivity index (χ2v) is 18.4. The Morgan fingerprint density at radius 3 is 2.10 bits per heavy atom. The molecule has 18 nitrogen and oxygen atoms in total. The number of likely N-dealkylation sites (N-methyl/N-ethyl adjacent to an activating group) is 1. The summed E-state index contributed by atoms with van der Waals surface area (Å²) in [7, 11) is 6.40. The van der Waals surface area contributed by atoms with Crippen LogP contribution in [0.15, 0.2) is 23.8 Å². The van der Waals surface area contributed by atoms with Gasteiger partial charge in [-0.25, -0.2) is 0 Å². The van der Waals surface area contributed by atoms with Gasteiger partial charge in [0, 0.05) is 44.3 Å². The van der Waals surface area contributed by atoms with Crippen molar-refractivity contribution in [2.75, 3.05) is 34.9 Å². The number of aliphatic hydroxyl groups excluding tert-OH is 4. The molecule has 0 bridgehead atoms. The Morgan fingerprint density at radius 1 is 0.857 bits per heavy atom. The van der Waals surface area contributed by atoms with E-state index in [1.165, 1.54) is 27.2 Å². The van der Waals surface area contributed by atoms with Crippen LogP contribution in [0.1, 0.15) is 81.1 Å². The number of hydrogen-bond donors (Lipinski definition) is 5. The first-order valence-electron chi connectivity index (χ1n) is 22.2. The number of nitrogens with zero attached hydrogens (tertiary/aromatic N) is 1. The summed E-state index contributed by atoms with van der Waals surface area (Å²) in [6.07, 6.45) is -9.08. The van der Waals surface area contributed by atoms with Gasteiger partial charge in [-0.1, -0.05) is 38.5 Å². The SMILES string of the molecule is CC[C@@H]1OC(=O)C[C@H](O)[C@@H](C)[C@@H](O[C@H]2O[C@@H](C)[C@H](O[C@@H]3C[C@](C)(O)[C@H](O)[C@@H](C)O3)[C@@H](N(C)C)[C@@H]2O)[C@@H](C=O)C[C@@H](C)C(=O)/C=C/C(C)=C[C@@H]1CO[C@H]1O[C@@H](C)[C@H](O)[C@H](OC)[C@@H]1OC. The van der Waals surface area contributed by atoms with Crippen LogP contribution < -0.4 is 0 Å². The number of aldehydes is 1. The normalized spacial score (nSPS) is 45.7. The van der Waals surface area contributed by atoms with Crippen molar-refractivity contribution in [2.24, 2.45) is 23.7 Å². The van der Waals surface area contributed by atoms with Gasteiger partial charge in [0.25, 0.3) is 0 Å². The highest BCUT2D eigenvalue weighted by molar-refractivity contribution is 5.92. The molecule has 362 valence electrons. The molecule has 4 aliphatic rings. The number of ketones is 1. The van der Waals surface area contributed by atoms with Crippen molar-refractivity contribution < 1.29 is 82.5 Å². The summed E-state index contributed by atoms with van der Waals surface area (Å²) in [6, 6.07) is -0.767. The van der Waals surface area contributed by atoms with Gasteiger partial charge in [0.05, 0.1) is 55.2 Å². The number of methoxy groups -OCH3 is 2. The van der Waals surface area contributed by atoms with E-state index in [9.17, 15) is 39.9 Å².